The summed E-state index contributed by atoms with van der Waals surface area (Å²) in [6, 6.07) is 58.2. The maximum absolute atomic E-state index is 6.92. The Labute approximate surface area is 290 Å². The van der Waals surface area contributed by atoms with E-state index in [-0.39, 0.29) is 0 Å². The van der Waals surface area contributed by atoms with Crippen molar-refractivity contribution < 1.29 is 8.83 Å². The Morgan fingerprint density at radius 1 is 0.400 bits per heavy atom. The Morgan fingerprint density at radius 2 is 1.06 bits per heavy atom. The van der Waals surface area contributed by atoms with Crippen LogP contribution in [-0.2, 0) is 0 Å². The van der Waals surface area contributed by atoms with Crippen molar-refractivity contribution in [2.75, 3.05) is 4.90 Å². The fourth-order valence-electron chi connectivity index (χ4n) is 7.80. The first-order valence-corrected chi connectivity index (χ1v) is 17.7. The van der Waals surface area contributed by atoms with E-state index in [1.807, 2.05) is 23.5 Å². The highest BCUT2D eigenvalue weighted by atomic mass is 32.1. The molecule has 3 aromatic heterocycles. The third-order valence-corrected chi connectivity index (χ3v) is 11.2. The van der Waals surface area contributed by atoms with E-state index >= 15 is 0 Å². The molecule has 0 aliphatic heterocycles. The molecule has 8 aromatic carbocycles. The van der Waals surface area contributed by atoms with Crippen LogP contribution in [0.25, 0.3) is 85.9 Å². The van der Waals surface area contributed by atoms with Crippen LogP contribution in [-0.4, -0.2) is 0 Å². The molecular formula is C46H27NO2S. The zero-order chi connectivity index (χ0) is 32.8. The minimum Gasteiger partial charge on any atom is -0.455 e. The van der Waals surface area contributed by atoms with Gasteiger partial charge in [-0.1, -0.05) is 115 Å². The van der Waals surface area contributed by atoms with Crippen LogP contribution >= 0.6 is 11.3 Å². The van der Waals surface area contributed by atoms with E-state index in [1.54, 1.807) is 0 Å². The summed E-state index contributed by atoms with van der Waals surface area (Å²) in [7, 11) is 0. The largest absolute Gasteiger partial charge is 0.455 e. The molecule has 0 N–H and O–H groups in total. The Kier molecular flexibility index (Phi) is 5.83. The minimum absolute atomic E-state index is 0.867. The summed E-state index contributed by atoms with van der Waals surface area (Å²) < 4.78 is 15.9. The second-order valence-corrected chi connectivity index (χ2v) is 13.9. The maximum Gasteiger partial charge on any atom is 0.159 e. The van der Waals surface area contributed by atoms with Crippen LogP contribution in [0.5, 0.6) is 0 Å². The zero-order valence-corrected chi connectivity index (χ0v) is 27.6. The van der Waals surface area contributed by atoms with E-state index in [0.717, 1.165) is 77.5 Å². The minimum atomic E-state index is 0.867. The maximum atomic E-state index is 6.92. The zero-order valence-electron chi connectivity index (χ0n) is 26.8. The van der Waals surface area contributed by atoms with Crippen LogP contribution in [0.1, 0.15) is 0 Å². The number of anilines is 3. The normalized spacial score (nSPS) is 12.0. The molecule has 0 aliphatic rings. The van der Waals surface area contributed by atoms with Crippen LogP contribution in [0.4, 0.5) is 17.1 Å². The fourth-order valence-corrected chi connectivity index (χ4v) is 8.93. The number of nitrogens with zero attached hydrogens (tertiary/aromatic N) is 1. The van der Waals surface area contributed by atoms with Gasteiger partial charge >= 0.3 is 0 Å². The Bertz CT molecular complexity index is 3110. The van der Waals surface area contributed by atoms with E-state index in [2.05, 4.69) is 157 Å². The molecule has 3 nitrogen and oxygen atoms in total. The average molecular weight is 658 g/mol. The van der Waals surface area contributed by atoms with Crippen molar-refractivity contribution in [1.29, 1.82) is 0 Å². The molecule has 0 radical (unpaired) electrons. The highest BCUT2D eigenvalue weighted by Crippen LogP contribution is 2.48. The summed E-state index contributed by atoms with van der Waals surface area (Å²) in [6.45, 7) is 0. The first-order valence-electron chi connectivity index (χ1n) is 16.8. The molecule has 234 valence electrons. The predicted molar refractivity (Wildman–Crippen MR) is 212 cm³/mol. The van der Waals surface area contributed by atoms with Crippen LogP contribution in [0.2, 0.25) is 0 Å². The summed E-state index contributed by atoms with van der Waals surface area (Å²) in [5.41, 5.74) is 8.94. The molecule has 0 fully saturated rings. The van der Waals surface area contributed by atoms with Crippen molar-refractivity contribution in [3.05, 3.63) is 164 Å². The molecule has 0 saturated carbocycles. The lowest BCUT2D eigenvalue weighted by atomic mass is 10.0. The summed E-state index contributed by atoms with van der Waals surface area (Å²) in [5, 5.41) is 9.26. The monoisotopic (exact) mass is 657 g/mol. The van der Waals surface area contributed by atoms with Gasteiger partial charge in [0, 0.05) is 58.4 Å². The summed E-state index contributed by atoms with van der Waals surface area (Å²) in [4.78, 5) is 2.37. The number of benzene rings is 8. The van der Waals surface area contributed by atoms with Gasteiger partial charge in [0.1, 0.15) is 16.7 Å². The number of para-hydroxylation sites is 3. The molecule has 0 atom stereocenters. The van der Waals surface area contributed by atoms with E-state index < -0.39 is 0 Å². The van der Waals surface area contributed by atoms with Crippen molar-refractivity contribution in [2.45, 2.75) is 0 Å². The number of hydrogen-bond donors (Lipinski definition) is 0. The number of furan rings is 2. The van der Waals surface area contributed by atoms with Gasteiger partial charge in [0.25, 0.3) is 0 Å². The van der Waals surface area contributed by atoms with Crippen LogP contribution in [0.3, 0.4) is 0 Å². The second kappa shape index (κ2) is 10.6. The number of thiophene rings is 1. The van der Waals surface area contributed by atoms with Crippen molar-refractivity contribution in [3.63, 3.8) is 0 Å². The van der Waals surface area contributed by atoms with Crippen molar-refractivity contribution >= 4 is 103 Å². The topological polar surface area (TPSA) is 29.5 Å². The number of fused-ring (bicyclic) bond motifs is 11. The van der Waals surface area contributed by atoms with Crippen molar-refractivity contribution in [3.8, 4) is 11.1 Å². The summed E-state index contributed by atoms with van der Waals surface area (Å²) >= 11 is 1.83. The molecule has 11 rings (SSSR count). The molecule has 50 heavy (non-hydrogen) atoms. The molecule has 0 bridgehead atoms. The van der Waals surface area contributed by atoms with Gasteiger partial charge in [0.2, 0.25) is 0 Å². The van der Waals surface area contributed by atoms with Gasteiger partial charge < -0.3 is 13.7 Å². The van der Waals surface area contributed by atoms with Gasteiger partial charge in [-0.05, 0) is 59.5 Å². The first kappa shape index (κ1) is 27.6. The van der Waals surface area contributed by atoms with Crippen molar-refractivity contribution in [2.24, 2.45) is 0 Å². The Morgan fingerprint density at radius 3 is 1.96 bits per heavy atom. The SMILES string of the molecule is c1ccc2c(c1)ccc1c3cccc(N(c4ccc(-c5cccc6c5oc5ccccc56)cc4)c4cccc5sc6ccccc6c45)c3oc21. The highest BCUT2D eigenvalue weighted by molar-refractivity contribution is 7.26. The lowest BCUT2D eigenvalue weighted by molar-refractivity contribution is 0.670. The second-order valence-electron chi connectivity index (χ2n) is 12.8. The molecule has 4 heteroatoms. The first-order chi connectivity index (χ1) is 24.8. The molecule has 0 unspecified atom stereocenters. The van der Waals surface area contributed by atoms with E-state index in [0.29, 0.717) is 0 Å². The lowest BCUT2D eigenvalue weighted by Crippen LogP contribution is -2.10. The van der Waals surface area contributed by atoms with Crippen LogP contribution in [0.15, 0.2) is 173 Å². The molecule has 0 aliphatic carbocycles. The van der Waals surface area contributed by atoms with Gasteiger partial charge in [-0.15, -0.1) is 11.3 Å². The van der Waals surface area contributed by atoms with Crippen molar-refractivity contribution in [1.82, 2.24) is 0 Å². The molecule has 0 spiro atoms. The highest BCUT2D eigenvalue weighted by Gasteiger charge is 2.23. The summed E-state index contributed by atoms with van der Waals surface area (Å²) in [6.07, 6.45) is 0. The van der Waals surface area contributed by atoms with E-state index in [9.17, 15) is 0 Å². The standard InChI is InChI=1S/C46H27NO2S/c1-2-11-31-28(10-1)24-27-36-35-16-8-18-39(46(35)49-45(31)36)47(38-17-9-21-42-43(38)37-13-4-6-20-41(37)50-42)30-25-22-29(23-26-30)32-14-7-15-34-33-12-3-5-19-40(33)48-44(32)34/h1-27H. The molecule has 0 saturated heterocycles. The molecule has 0 amide bonds. The van der Waals surface area contributed by atoms with Gasteiger partial charge in [0.05, 0.1) is 11.4 Å². The predicted octanol–water partition coefficient (Wildman–Crippen LogP) is 14.1. The third-order valence-electron chi connectivity index (χ3n) is 10.1. The lowest BCUT2D eigenvalue weighted by Gasteiger charge is -2.26. The molecule has 11 aromatic rings. The van der Waals surface area contributed by atoms with Gasteiger partial charge in [0.15, 0.2) is 5.58 Å². The third kappa shape index (κ3) is 3.97. The van der Waals surface area contributed by atoms with Crippen LogP contribution in [0, 0.1) is 0 Å². The van der Waals surface area contributed by atoms with Gasteiger partial charge in [-0.25, -0.2) is 0 Å². The quantitative estimate of drug-likeness (QED) is 0.189. The fraction of sp³-hybridized carbons (Fsp3) is 0. The molecule has 3 heterocycles. The van der Waals surface area contributed by atoms with Gasteiger partial charge in [-0.2, -0.15) is 0 Å². The average Bonchev–Trinajstić information content (AvgIpc) is 3.87. The number of rotatable bonds is 4. The van der Waals surface area contributed by atoms with Gasteiger partial charge in [-0.3, -0.25) is 0 Å². The smallest absolute Gasteiger partial charge is 0.159 e. The Balaban J connectivity index is 1.16. The van der Waals surface area contributed by atoms with Crippen LogP contribution < -0.4 is 4.90 Å². The van der Waals surface area contributed by atoms with E-state index in [1.165, 1.54) is 25.6 Å². The Hall–Kier alpha value is -6.36. The van der Waals surface area contributed by atoms with E-state index in [4.69, 9.17) is 8.83 Å². The molecular weight excluding hydrogens is 631 g/mol. The number of hydrogen-bond acceptors (Lipinski definition) is 4. The summed E-state index contributed by atoms with van der Waals surface area (Å²) in [5.74, 6) is 0.